The lowest BCUT2D eigenvalue weighted by atomic mass is 10.2. The Hall–Kier alpha value is -3.09. The molecule has 24 heavy (non-hydrogen) atoms. The lowest BCUT2D eigenvalue weighted by Crippen LogP contribution is -2.37. The number of hydrogen-bond donors (Lipinski definition) is 2. The van der Waals surface area contributed by atoms with Gasteiger partial charge in [0.05, 0.1) is 6.26 Å². The largest absolute Gasteiger partial charge is 0.459 e. The van der Waals surface area contributed by atoms with E-state index in [2.05, 4.69) is 10.6 Å². The Balaban J connectivity index is 2.00. The number of benzene rings is 1. The second-order valence-electron chi connectivity index (χ2n) is 5.14. The van der Waals surface area contributed by atoms with Crippen molar-refractivity contribution in [3.63, 3.8) is 0 Å². The molecule has 0 unspecified atom stereocenters. The molecule has 0 radical (unpaired) electrons. The molecule has 0 saturated heterocycles. The number of furan rings is 1. The molecule has 2 aromatic rings. The first-order valence-electron chi connectivity index (χ1n) is 7.45. The van der Waals surface area contributed by atoms with Gasteiger partial charge < -0.3 is 20.0 Å². The van der Waals surface area contributed by atoms with Crippen LogP contribution in [0.15, 0.2) is 47.1 Å². The molecule has 0 aliphatic rings. The molecule has 0 atom stereocenters. The van der Waals surface area contributed by atoms with Gasteiger partial charge in [-0.3, -0.25) is 14.4 Å². The van der Waals surface area contributed by atoms with Crippen LogP contribution in [-0.2, 0) is 9.59 Å². The van der Waals surface area contributed by atoms with E-state index in [-0.39, 0.29) is 30.0 Å². The van der Waals surface area contributed by atoms with Crippen LogP contribution in [0.5, 0.6) is 0 Å². The van der Waals surface area contributed by atoms with Crippen molar-refractivity contribution in [2.75, 3.05) is 23.3 Å². The van der Waals surface area contributed by atoms with E-state index < -0.39 is 0 Å². The van der Waals surface area contributed by atoms with Gasteiger partial charge in [-0.2, -0.15) is 0 Å². The molecule has 1 aromatic carbocycles. The SMILES string of the molecule is CC(=O)Nc1cccc(N(CCNC(=O)c2ccco2)C(C)=O)c1. The fourth-order valence-corrected chi connectivity index (χ4v) is 2.20. The Morgan fingerprint density at radius 1 is 1.12 bits per heavy atom. The molecular weight excluding hydrogens is 310 g/mol. The van der Waals surface area contributed by atoms with E-state index >= 15 is 0 Å². The molecule has 0 bridgehead atoms. The lowest BCUT2D eigenvalue weighted by Gasteiger charge is -2.22. The van der Waals surface area contributed by atoms with Gasteiger partial charge in [-0.15, -0.1) is 0 Å². The topological polar surface area (TPSA) is 91.7 Å². The van der Waals surface area contributed by atoms with Crippen LogP contribution in [0.3, 0.4) is 0 Å². The number of nitrogens with zero attached hydrogens (tertiary/aromatic N) is 1. The van der Waals surface area contributed by atoms with Crippen LogP contribution in [0.2, 0.25) is 0 Å². The highest BCUT2D eigenvalue weighted by Gasteiger charge is 2.13. The molecule has 7 heteroatoms. The van der Waals surface area contributed by atoms with Crippen molar-refractivity contribution in [1.82, 2.24) is 5.32 Å². The quantitative estimate of drug-likeness (QED) is 0.848. The Bertz CT molecular complexity index is 725. The van der Waals surface area contributed by atoms with Crippen molar-refractivity contribution in [3.05, 3.63) is 48.4 Å². The van der Waals surface area contributed by atoms with Crippen molar-refractivity contribution in [2.45, 2.75) is 13.8 Å². The second-order valence-corrected chi connectivity index (χ2v) is 5.14. The van der Waals surface area contributed by atoms with Crippen molar-refractivity contribution in [2.24, 2.45) is 0 Å². The molecule has 126 valence electrons. The molecule has 7 nitrogen and oxygen atoms in total. The van der Waals surface area contributed by atoms with E-state index in [9.17, 15) is 14.4 Å². The Morgan fingerprint density at radius 2 is 1.92 bits per heavy atom. The summed E-state index contributed by atoms with van der Waals surface area (Å²) in [5, 5.41) is 5.36. The highest BCUT2D eigenvalue weighted by molar-refractivity contribution is 5.94. The third kappa shape index (κ3) is 4.70. The van der Waals surface area contributed by atoms with Crippen LogP contribution in [0.4, 0.5) is 11.4 Å². The first kappa shape index (κ1) is 17.3. The molecular formula is C17H19N3O4. The number of carbonyl (C=O) groups is 3. The summed E-state index contributed by atoms with van der Waals surface area (Å²) in [6.07, 6.45) is 1.42. The number of anilines is 2. The monoisotopic (exact) mass is 329 g/mol. The minimum absolute atomic E-state index is 0.165. The summed E-state index contributed by atoms with van der Waals surface area (Å²) >= 11 is 0. The van der Waals surface area contributed by atoms with Crippen LogP contribution in [-0.4, -0.2) is 30.8 Å². The van der Waals surface area contributed by atoms with Gasteiger partial charge in [0.1, 0.15) is 0 Å². The van der Waals surface area contributed by atoms with Gasteiger partial charge in [-0.1, -0.05) is 6.07 Å². The summed E-state index contributed by atoms with van der Waals surface area (Å²) in [5.41, 5.74) is 1.24. The van der Waals surface area contributed by atoms with Gasteiger partial charge in [0.25, 0.3) is 5.91 Å². The van der Waals surface area contributed by atoms with Crippen molar-refractivity contribution in [1.29, 1.82) is 0 Å². The Labute approximate surface area is 139 Å². The molecule has 2 rings (SSSR count). The van der Waals surface area contributed by atoms with Crippen LogP contribution in [0.25, 0.3) is 0 Å². The number of hydrogen-bond acceptors (Lipinski definition) is 4. The van der Waals surface area contributed by atoms with Crippen LogP contribution >= 0.6 is 0 Å². The van der Waals surface area contributed by atoms with Gasteiger partial charge >= 0.3 is 0 Å². The lowest BCUT2D eigenvalue weighted by molar-refractivity contribution is -0.116. The zero-order valence-electron chi connectivity index (χ0n) is 13.5. The zero-order valence-corrected chi connectivity index (χ0v) is 13.5. The van der Waals surface area contributed by atoms with E-state index in [4.69, 9.17) is 4.42 Å². The fourth-order valence-electron chi connectivity index (χ4n) is 2.20. The standard InChI is InChI=1S/C17H19N3O4/c1-12(21)19-14-5-3-6-15(11-14)20(13(2)22)9-8-18-17(23)16-7-4-10-24-16/h3-7,10-11H,8-9H2,1-2H3,(H,18,23)(H,19,21). The molecule has 0 aliphatic heterocycles. The summed E-state index contributed by atoms with van der Waals surface area (Å²) < 4.78 is 5.00. The molecule has 0 fully saturated rings. The normalized spacial score (nSPS) is 10.1. The number of carbonyl (C=O) groups excluding carboxylic acids is 3. The third-order valence-corrected chi connectivity index (χ3v) is 3.22. The second kappa shape index (κ2) is 7.96. The maximum atomic E-state index is 11.9. The molecule has 0 saturated carbocycles. The first-order valence-corrected chi connectivity index (χ1v) is 7.45. The number of amides is 3. The Kier molecular flexibility index (Phi) is 5.73. The molecule has 1 aromatic heterocycles. The molecule has 0 aliphatic carbocycles. The minimum Gasteiger partial charge on any atom is -0.459 e. The summed E-state index contributed by atoms with van der Waals surface area (Å²) in [4.78, 5) is 36.4. The smallest absolute Gasteiger partial charge is 0.287 e. The van der Waals surface area contributed by atoms with E-state index in [0.29, 0.717) is 17.9 Å². The van der Waals surface area contributed by atoms with Crippen molar-refractivity contribution < 1.29 is 18.8 Å². The van der Waals surface area contributed by atoms with Crippen LogP contribution in [0, 0.1) is 0 Å². The third-order valence-electron chi connectivity index (χ3n) is 3.22. The average Bonchev–Trinajstić information content (AvgIpc) is 3.05. The van der Waals surface area contributed by atoms with E-state index in [1.165, 1.54) is 25.0 Å². The highest BCUT2D eigenvalue weighted by atomic mass is 16.3. The maximum Gasteiger partial charge on any atom is 0.287 e. The van der Waals surface area contributed by atoms with Gasteiger partial charge in [0, 0.05) is 38.3 Å². The van der Waals surface area contributed by atoms with E-state index in [1.807, 2.05) is 0 Å². The summed E-state index contributed by atoms with van der Waals surface area (Å²) in [6, 6.07) is 10.2. The number of nitrogens with one attached hydrogen (secondary N) is 2. The van der Waals surface area contributed by atoms with Crippen LogP contribution in [0.1, 0.15) is 24.4 Å². The molecule has 1 heterocycles. The summed E-state index contributed by atoms with van der Waals surface area (Å²) in [7, 11) is 0. The van der Waals surface area contributed by atoms with E-state index in [0.717, 1.165) is 0 Å². The molecule has 3 amide bonds. The van der Waals surface area contributed by atoms with Crippen molar-refractivity contribution >= 4 is 29.1 Å². The molecule has 2 N–H and O–H groups in total. The van der Waals surface area contributed by atoms with Gasteiger partial charge in [0.2, 0.25) is 11.8 Å². The van der Waals surface area contributed by atoms with Crippen molar-refractivity contribution in [3.8, 4) is 0 Å². The van der Waals surface area contributed by atoms with Gasteiger partial charge in [0.15, 0.2) is 5.76 Å². The number of rotatable bonds is 6. The maximum absolute atomic E-state index is 11.9. The Morgan fingerprint density at radius 3 is 2.54 bits per heavy atom. The van der Waals surface area contributed by atoms with E-state index in [1.54, 1.807) is 36.4 Å². The highest BCUT2D eigenvalue weighted by Crippen LogP contribution is 2.19. The first-order chi connectivity index (χ1) is 11.5. The summed E-state index contributed by atoms with van der Waals surface area (Å²) in [6.45, 7) is 3.42. The van der Waals surface area contributed by atoms with Crippen LogP contribution < -0.4 is 15.5 Å². The van der Waals surface area contributed by atoms with Gasteiger partial charge in [-0.05, 0) is 30.3 Å². The van der Waals surface area contributed by atoms with Gasteiger partial charge in [-0.25, -0.2) is 0 Å². The molecule has 0 spiro atoms. The minimum atomic E-state index is -0.338. The fraction of sp³-hybridized carbons (Fsp3) is 0.235. The average molecular weight is 329 g/mol. The predicted octanol–water partition coefficient (Wildman–Crippen LogP) is 2.02. The zero-order chi connectivity index (χ0) is 17.5. The summed E-state index contributed by atoms with van der Waals surface area (Å²) in [5.74, 6) is -0.470. The predicted molar refractivity (Wildman–Crippen MR) is 89.8 cm³/mol.